The molecule has 0 aliphatic rings. The molecule has 0 fully saturated rings. The fourth-order valence-corrected chi connectivity index (χ4v) is 1.85. The van der Waals surface area contributed by atoms with E-state index in [1.165, 1.54) is 0 Å². The largest absolute Gasteiger partial charge is 0.384 e. The van der Waals surface area contributed by atoms with E-state index in [9.17, 15) is 5.11 Å². The third-order valence-electron chi connectivity index (χ3n) is 3.05. The molecule has 1 N–H and O–H groups in total. The van der Waals surface area contributed by atoms with E-state index in [0.717, 1.165) is 24.0 Å². The molecule has 2 heteroatoms. The first-order valence-corrected chi connectivity index (χ1v) is 5.71. The Labute approximate surface area is 97.5 Å². The lowest BCUT2D eigenvalue weighted by atomic mass is 9.81. The molecule has 2 unspecified atom stereocenters. The fourth-order valence-electron chi connectivity index (χ4n) is 1.85. The van der Waals surface area contributed by atoms with E-state index in [2.05, 4.69) is 6.07 Å². The molecule has 0 bridgehead atoms. The summed E-state index contributed by atoms with van der Waals surface area (Å²) < 4.78 is 0. The number of nitriles is 1. The van der Waals surface area contributed by atoms with Gasteiger partial charge in [0.05, 0.1) is 12.0 Å². The number of aliphatic hydroxyl groups is 1. The zero-order valence-electron chi connectivity index (χ0n) is 10.2. The van der Waals surface area contributed by atoms with Crippen LogP contribution in [0, 0.1) is 24.2 Å². The SMILES string of the molecule is CCCC(C#N)C(C)(O)c1ccc(C)cc1. The molecular formula is C14H19NO. The van der Waals surface area contributed by atoms with Crippen LogP contribution in [0.1, 0.15) is 37.8 Å². The topological polar surface area (TPSA) is 44.0 Å². The standard InChI is InChI=1S/C14H19NO/c1-4-5-13(10-15)14(3,16)12-8-6-11(2)7-9-12/h6-9,13,16H,4-5H2,1-3H3. The average molecular weight is 217 g/mol. The van der Waals surface area contributed by atoms with Gasteiger partial charge in [-0.25, -0.2) is 0 Å². The van der Waals surface area contributed by atoms with Gasteiger partial charge in [-0.1, -0.05) is 43.2 Å². The second-order valence-corrected chi connectivity index (χ2v) is 4.48. The first kappa shape index (κ1) is 12.7. The summed E-state index contributed by atoms with van der Waals surface area (Å²) in [6, 6.07) is 9.93. The monoisotopic (exact) mass is 217 g/mol. The maximum atomic E-state index is 10.4. The second-order valence-electron chi connectivity index (χ2n) is 4.48. The minimum Gasteiger partial charge on any atom is -0.384 e. The van der Waals surface area contributed by atoms with Gasteiger partial charge < -0.3 is 5.11 Å². The number of benzene rings is 1. The predicted molar refractivity (Wildman–Crippen MR) is 64.8 cm³/mol. The molecule has 2 nitrogen and oxygen atoms in total. The Hall–Kier alpha value is -1.33. The van der Waals surface area contributed by atoms with Gasteiger partial charge in [0.15, 0.2) is 0 Å². The Kier molecular flexibility index (Phi) is 4.09. The summed E-state index contributed by atoms with van der Waals surface area (Å²) in [6.45, 7) is 5.75. The van der Waals surface area contributed by atoms with Crippen LogP contribution in [0.25, 0.3) is 0 Å². The van der Waals surface area contributed by atoms with E-state index in [0.29, 0.717) is 0 Å². The quantitative estimate of drug-likeness (QED) is 0.842. The maximum Gasteiger partial charge on any atom is 0.103 e. The highest BCUT2D eigenvalue weighted by molar-refractivity contribution is 5.27. The van der Waals surface area contributed by atoms with Gasteiger partial charge in [0.1, 0.15) is 5.60 Å². The molecule has 0 saturated carbocycles. The van der Waals surface area contributed by atoms with Crippen LogP contribution in [0.5, 0.6) is 0 Å². The highest BCUT2D eigenvalue weighted by Gasteiger charge is 2.32. The zero-order valence-corrected chi connectivity index (χ0v) is 10.2. The van der Waals surface area contributed by atoms with Crippen molar-refractivity contribution in [1.29, 1.82) is 5.26 Å². The van der Waals surface area contributed by atoms with Crippen molar-refractivity contribution in [1.82, 2.24) is 0 Å². The van der Waals surface area contributed by atoms with Gasteiger partial charge in [0, 0.05) is 0 Å². The van der Waals surface area contributed by atoms with E-state index in [4.69, 9.17) is 5.26 Å². The van der Waals surface area contributed by atoms with Crippen LogP contribution in [0.4, 0.5) is 0 Å². The van der Waals surface area contributed by atoms with Crippen molar-refractivity contribution in [2.75, 3.05) is 0 Å². The van der Waals surface area contributed by atoms with Gasteiger partial charge in [-0.05, 0) is 25.8 Å². The number of hydrogen-bond donors (Lipinski definition) is 1. The Morgan fingerprint density at radius 2 is 1.94 bits per heavy atom. The molecule has 86 valence electrons. The van der Waals surface area contributed by atoms with Crippen molar-refractivity contribution in [3.8, 4) is 6.07 Å². The molecule has 1 aromatic carbocycles. The number of hydrogen-bond acceptors (Lipinski definition) is 2. The zero-order chi connectivity index (χ0) is 12.2. The first-order chi connectivity index (χ1) is 7.52. The van der Waals surface area contributed by atoms with E-state index in [-0.39, 0.29) is 5.92 Å². The van der Waals surface area contributed by atoms with Crippen LogP contribution in [-0.2, 0) is 5.60 Å². The molecule has 0 aliphatic carbocycles. The molecule has 0 aliphatic heterocycles. The summed E-state index contributed by atoms with van der Waals surface area (Å²) in [5.41, 5.74) is 0.917. The lowest BCUT2D eigenvalue weighted by molar-refractivity contribution is 0.0130. The van der Waals surface area contributed by atoms with Crippen molar-refractivity contribution < 1.29 is 5.11 Å². The Morgan fingerprint density at radius 3 is 2.38 bits per heavy atom. The van der Waals surface area contributed by atoms with Crippen molar-refractivity contribution >= 4 is 0 Å². The fraction of sp³-hybridized carbons (Fsp3) is 0.500. The maximum absolute atomic E-state index is 10.4. The molecule has 1 rings (SSSR count). The van der Waals surface area contributed by atoms with Crippen LogP contribution in [0.15, 0.2) is 24.3 Å². The van der Waals surface area contributed by atoms with Gasteiger partial charge in [0.2, 0.25) is 0 Å². The minimum atomic E-state index is -1.06. The van der Waals surface area contributed by atoms with Crippen LogP contribution in [-0.4, -0.2) is 5.11 Å². The summed E-state index contributed by atoms with van der Waals surface area (Å²) in [5, 5.41) is 19.5. The average Bonchev–Trinajstić information content (AvgIpc) is 2.26. The summed E-state index contributed by atoms with van der Waals surface area (Å²) >= 11 is 0. The molecular weight excluding hydrogens is 198 g/mol. The highest BCUT2D eigenvalue weighted by Crippen LogP contribution is 2.32. The first-order valence-electron chi connectivity index (χ1n) is 5.71. The van der Waals surface area contributed by atoms with Gasteiger partial charge >= 0.3 is 0 Å². The third-order valence-corrected chi connectivity index (χ3v) is 3.05. The van der Waals surface area contributed by atoms with Crippen LogP contribution in [0.3, 0.4) is 0 Å². The molecule has 1 aromatic rings. The van der Waals surface area contributed by atoms with E-state index in [1.54, 1.807) is 6.92 Å². The van der Waals surface area contributed by atoms with E-state index < -0.39 is 5.60 Å². The molecule has 16 heavy (non-hydrogen) atoms. The van der Waals surface area contributed by atoms with Gasteiger partial charge in [0.25, 0.3) is 0 Å². The summed E-state index contributed by atoms with van der Waals surface area (Å²) in [5.74, 6) is -0.347. The lowest BCUT2D eigenvalue weighted by Crippen LogP contribution is -2.30. The molecule has 2 atom stereocenters. The third kappa shape index (κ3) is 2.62. The van der Waals surface area contributed by atoms with Crippen LogP contribution >= 0.6 is 0 Å². The van der Waals surface area contributed by atoms with Crippen LogP contribution in [0.2, 0.25) is 0 Å². The smallest absolute Gasteiger partial charge is 0.103 e. The van der Waals surface area contributed by atoms with E-state index >= 15 is 0 Å². The predicted octanol–water partition coefficient (Wildman–Crippen LogP) is 3.14. The van der Waals surface area contributed by atoms with Crippen molar-refractivity contribution in [2.24, 2.45) is 5.92 Å². The summed E-state index contributed by atoms with van der Waals surface area (Å²) in [6.07, 6.45) is 1.62. The molecule has 0 amide bonds. The van der Waals surface area contributed by atoms with Gasteiger partial charge in [-0.2, -0.15) is 5.26 Å². The number of nitrogens with zero attached hydrogens (tertiary/aromatic N) is 1. The minimum absolute atomic E-state index is 0.347. The number of rotatable bonds is 4. The lowest BCUT2D eigenvalue weighted by Gasteiger charge is -2.28. The van der Waals surface area contributed by atoms with Crippen LogP contribution < -0.4 is 0 Å². The van der Waals surface area contributed by atoms with Gasteiger partial charge in [-0.3, -0.25) is 0 Å². The molecule has 0 aromatic heterocycles. The second kappa shape index (κ2) is 5.14. The molecule has 0 spiro atoms. The Bertz CT molecular complexity index is 373. The van der Waals surface area contributed by atoms with Crippen molar-refractivity contribution in [3.63, 3.8) is 0 Å². The normalized spacial score (nSPS) is 16.2. The number of aryl methyl sites for hydroxylation is 1. The molecule has 0 heterocycles. The van der Waals surface area contributed by atoms with Gasteiger partial charge in [-0.15, -0.1) is 0 Å². The molecule has 0 radical (unpaired) electrons. The van der Waals surface area contributed by atoms with Crippen molar-refractivity contribution in [3.05, 3.63) is 35.4 Å². The summed E-state index contributed by atoms with van der Waals surface area (Å²) in [7, 11) is 0. The highest BCUT2D eigenvalue weighted by atomic mass is 16.3. The van der Waals surface area contributed by atoms with Crippen molar-refractivity contribution in [2.45, 2.75) is 39.2 Å². The Balaban J connectivity index is 3.00. The molecule has 0 saturated heterocycles. The van der Waals surface area contributed by atoms with E-state index in [1.807, 2.05) is 38.1 Å². The summed E-state index contributed by atoms with van der Waals surface area (Å²) in [4.78, 5) is 0. The Morgan fingerprint density at radius 1 is 1.38 bits per heavy atom.